The van der Waals surface area contributed by atoms with Crippen LogP contribution >= 0.6 is 0 Å². The molecule has 1 heterocycles. The minimum atomic E-state index is -0.0568. The molecule has 1 aliphatic heterocycles. The highest BCUT2D eigenvalue weighted by molar-refractivity contribution is 5.82. The molecule has 1 amide bonds. The number of carbonyl (C=O) groups is 1. The Morgan fingerprint density at radius 1 is 1.17 bits per heavy atom. The summed E-state index contributed by atoms with van der Waals surface area (Å²) in [5.41, 5.74) is 2.25. The molecule has 1 fully saturated rings. The van der Waals surface area contributed by atoms with Gasteiger partial charge in [-0.1, -0.05) is 48.5 Å². The van der Waals surface area contributed by atoms with Crippen molar-refractivity contribution in [2.24, 2.45) is 0 Å². The summed E-state index contributed by atoms with van der Waals surface area (Å²) in [7, 11) is 1.69. The number of nitrogens with zero attached hydrogens (tertiary/aromatic N) is 1. The molecule has 0 aromatic heterocycles. The molecule has 3 rings (SSSR count). The Hall–Kier alpha value is -2.33. The average molecular weight is 324 g/mol. The molecule has 126 valence electrons. The first-order valence-electron chi connectivity index (χ1n) is 8.45. The van der Waals surface area contributed by atoms with Gasteiger partial charge in [0.1, 0.15) is 5.75 Å². The quantitative estimate of drug-likeness (QED) is 0.888. The highest BCUT2D eigenvalue weighted by Gasteiger charge is 2.30. The second-order valence-corrected chi connectivity index (χ2v) is 6.14. The van der Waals surface area contributed by atoms with Crippen LogP contribution in [0.4, 0.5) is 0 Å². The van der Waals surface area contributed by atoms with E-state index >= 15 is 0 Å². The Balaban J connectivity index is 1.61. The molecule has 1 N–H and O–H groups in total. The molecule has 1 unspecified atom stereocenters. The van der Waals surface area contributed by atoms with E-state index in [9.17, 15) is 4.79 Å². The molecule has 4 heteroatoms. The van der Waals surface area contributed by atoms with Crippen molar-refractivity contribution < 1.29 is 9.53 Å². The summed E-state index contributed by atoms with van der Waals surface area (Å²) in [5.74, 6) is 0.999. The molecule has 0 radical (unpaired) electrons. The molecule has 1 atom stereocenters. The van der Waals surface area contributed by atoms with Crippen LogP contribution in [0.5, 0.6) is 5.75 Å². The standard InChI is InChI=1S/C20H24N2O2/c1-24-19-12-6-5-10-17(19)15-22-13-7-11-18(22)20(23)21-14-16-8-3-2-4-9-16/h2-6,8-10,12,18H,7,11,13-15H2,1H3,(H,21,23). The number of methoxy groups -OCH3 is 1. The smallest absolute Gasteiger partial charge is 0.237 e. The van der Waals surface area contributed by atoms with Gasteiger partial charge in [-0.3, -0.25) is 9.69 Å². The van der Waals surface area contributed by atoms with E-state index in [0.717, 1.165) is 42.8 Å². The number of nitrogens with one attached hydrogen (secondary N) is 1. The largest absolute Gasteiger partial charge is 0.496 e. The second-order valence-electron chi connectivity index (χ2n) is 6.14. The number of amides is 1. The molecular weight excluding hydrogens is 300 g/mol. The lowest BCUT2D eigenvalue weighted by Crippen LogP contribution is -2.42. The van der Waals surface area contributed by atoms with E-state index in [1.165, 1.54) is 0 Å². The van der Waals surface area contributed by atoms with Crippen molar-refractivity contribution in [1.29, 1.82) is 0 Å². The SMILES string of the molecule is COc1ccccc1CN1CCCC1C(=O)NCc1ccccc1. The van der Waals surface area contributed by atoms with Gasteiger partial charge in [0.05, 0.1) is 13.2 Å². The van der Waals surface area contributed by atoms with E-state index < -0.39 is 0 Å². The Bertz CT molecular complexity index is 672. The van der Waals surface area contributed by atoms with Crippen LogP contribution in [0.25, 0.3) is 0 Å². The first kappa shape index (κ1) is 16.5. The number of rotatable bonds is 6. The number of para-hydroxylation sites is 1. The fourth-order valence-corrected chi connectivity index (χ4v) is 3.27. The molecule has 0 spiro atoms. The summed E-state index contributed by atoms with van der Waals surface area (Å²) < 4.78 is 5.43. The zero-order valence-corrected chi connectivity index (χ0v) is 14.1. The van der Waals surface area contributed by atoms with E-state index in [2.05, 4.69) is 16.3 Å². The number of hydrogen-bond acceptors (Lipinski definition) is 3. The van der Waals surface area contributed by atoms with Gasteiger partial charge in [-0.05, 0) is 31.0 Å². The summed E-state index contributed by atoms with van der Waals surface area (Å²) in [6, 6.07) is 18.0. The summed E-state index contributed by atoms with van der Waals surface area (Å²) in [6.45, 7) is 2.27. The van der Waals surface area contributed by atoms with Crippen LogP contribution in [0.2, 0.25) is 0 Å². The van der Waals surface area contributed by atoms with Crippen LogP contribution in [0, 0.1) is 0 Å². The van der Waals surface area contributed by atoms with Gasteiger partial charge in [-0.2, -0.15) is 0 Å². The minimum Gasteiger partial charge on any atom is -0.496 e. The lowest BCUT2D eigenvalue weighted by molar-refractivity contribution is -0.125. The van der Waals surface area contributed by atoms with Gasteiger partial charge >= 0.3 is 0 Å². The van der Waals surface area contributed by atoms with Crippen LogP contribution in [-0.4, -0.2) is 30.5 Å². The van der Waals surface area contributed by atoms with Gasteiger partial charge in [-0.15, -0.1) is 0 Å². The fraction of sp³-hybridized carbons (Fsp3) is 0.350. The van der Waals surface area contributed by atoms with Crippen LogP contribution in [0.3, 0.4) is 0 Å². The average Bonchev–Trinajstić information content (AvgIpc) is 3.09. The monoisotopic (exact) mass is 324 g/mol. The third kappa shape index (κ3) is 3.95. The van der Waals surface area contributed by atoms with Crippen molar-refractivity contribution in [3.05, 3.63) is 65.7 Å². The second kappa shape index (κ2) is 7.97. The maximum absolute atomic E-state index is 12.6. The number of ether oxygens (including phenoxy) is 1. The molecule has 0 bridgehead atoms. The summed E-state index contributed by atoms with van der Waals surface area (Å²) in [6.07, 6.45) is 1.97. The molecule has 0 saturated carbocycles. The summed E-state index contributed by atoms with van der Waals surface area (Å²) in [5, 5.41) is 3.07. The number of likely N-dealkylation sites (tertiary alicyclic amines) is 1. The van der Waals surface area contributed by atoms with Crippen molar-refractivity contribution in [3.8, 4) is 5.75 Å². The maximum atomic E-state index is 12.6. The Kier molecular flexibility index (Phi) is 5.49. The Labute approximate surface area is 143 Å². The van der Waals surface area contributed by atoms with Crippen LogP contribution in [-0.2, 0) is 17.9 Å². The van der Waals surface area contributed by atoms with Gasteiger partial charge in [0.15, 0.2) is 0 Å². The van der Waals surface area contributed by atoms with Gasteiger partial charge in [-0.25, -0.2) is 0 Å². The number of hydrogen-bond donors (Lipinski definition) is 1. The zero-order chi connectivity index (χ0) is 16.8. The van der Waals surface area contributed by atoms with Crippen LogP contribution in [0.15, 0.2) is 54.6 Å². The van der Waals surface area contributed by atoms with Gasteiger partial charge in [0, 0.05) is 18.7 Å². The molecule has 1 aliphatic rings. The molecule has 4 nitrogen and oxygen atoms in total. The predicted molar refractivity (Wildman–Crippen MR) is 94.7 cm³/mol. The van der Waals surface area contributed by atoms with Crippen molar-refractivity contribution in [2.75, 3.05) is 13.7 Å². The van der Waals surface area contributed by atoms with E-state index in [0.29, 0.717) is 6.54 Å². The molecule has 1 saturated heterocycles. The van der Waals surface area contributed by atoms with E-state index in [-0.39, 0.29) is 11.9 Å². The summed E-state index contributed by atoms with van der Waals surface area (Å²) >= 11 is 0. The molecule has 2 aromatic rings. The van der Waals surface area contributed by atoms with Gasteiger partial charge in [0.25, 0.3) is 0 Å². The Morgan fingerprint density at radius 3 is 2.71 bits per heavy atom. The highest BCUT2D eigenvalue weighted by Crippen LogP contribution is 2.25. The van der Waals surface area contributed by atoms with Crippen LogP contribution in [0.1, 0.15) is 24.0 Å². The minimum absolute atomic E-state index is 0.0568. The first-order chi connectivity index (χ1) is 11.8. The van der Waals surface area contributed by atoms with Crippen molar-refractivity contribution in [2.45, 2.75) is 32.0 Å². The molecular formula is C20H24N2O2. The lowest BCUT2D eigenvalue weighted by Gasteiger charge is -2.24. The van der Waals surface area contributed by atoms with Gasteiger partial charge in [0.2, 0.25) is 5.91 Å². The highest BCUT2D eigenvalue weighted by atomic mass is 16.5. The molecule has 2 aromatic carbocycles. The topological polar surface area (TPSA) is 41.6 Å². The first-order valence-corrected chi connectivity index (χ1v) is 8.45. The fourth-order valence-electron chi connectivity index (χ4n) is 3.27. The van der Waals surface area contributed by atoms with E-state index in [4.69, 9.17) is 4.74 Å². The zero-order valence-electron chi connectivity index (χ0n) is 14.1. The van der Waals surface area contributed by atoms with E-state index in [1.807, 2.05) is 48.5 Å². The normalized spacial score (nSPS) is 17.6. The van der Waals surface area contributed by atoms with Gasteiger partial charge < -0.3 is 10.1 Å². The third-order valence-electron chi connectivity index (χ3n) is 4.54. The lowest BCUT2D eigenvalue weighted by atomic mass is 10.1. The summed E-state index contributed by atoms with van der Waals surface area (Å²) in [4.78, 5) is 14.8. The molecule has 24 heavy (non-hydrogen) atoms. The number of carbonyl (C=O) groups excluding carboxylic acids is 1. The number of benzene rings is 2. The van der Waals surface area contributed by atoms with Crippen molar-refractivity contribution in [1.82, 2.24) is 10.2 Å². The van der Waals surface area contributed by atoms with Crippen molar-refractivity contribution >= 4 is 5.91 Å². The van der Waals surface area contributed by atoms with E-state index in [1.54, 1.807) is 7.11 Å². The predicted octanol–water partition coefficient (Wildman–Crippen LogP) is 2.98. The van der Waals surface area contributed by atoms with Crippen LogP contribution < -0.4 is 10.1 Å². The maximum Gasteiger partial charge on any atom is 0.237 e. The third-order valence-corrected chi connectivity index (χ3v) is 4.54. The molecule has 0 aliphatic carbocycles. The van der Waals surface area contributed by atoms with Crippen molar-refractivity contribution in [3.63, 3.8) is 0 Å². The Morgan fingerprint density at radius 2 is 1.92 bits per heavy atom.